The van der Waals surface area contributed by atoms with Crippen LogP contribution in [0.4, 0.5) is 0 Å². The van der Waals surface area contributed by atoms with Crippen molar-refractivity contribution < 1.29 is 0 Å². The summed E-state index contributed by atoms with van der Waals surface area (Å²) in [5.41, 5.74) is 1.32. The Labute approximate surface area is 77.7 Å². The maximum atomic E-state index is 5.79. The second-order valence-electron chi connectivity index (χ2n) is 3.04. The van der Waals surface area contributed by atoms with Crippen LogP contribution in [0.5, 0.6) is 0 Å². The molecule has 0 saturated carbocycles. The van der Waals surface area contributed by atoms with Crippen molar-refractivity contribution in [3.63, 3.8) is 0 Å². The molecule has 1 fully saturated rings. The van der Waals surface area contributed by atoms with Gasteiger partial charge in [0.15, 0.2) is 0 Å². The number of hydrogen-bond acceptors (Lipinski definition) is 1. The normalized spacial score (nSPS) is 18.4. The zero-order valence-electron chi connectivity index (χ0n) is 6.81. The number of benzene rings is 1. The van der Waals surface area contributed by atoms with Gasteiger partial charge in [0.2, 0.25) is 0 Å². The van der Waals surface area contributed by atoms with E-state index in [0.29, 0.717) is 0 Å². The summed E-state index contributed by atoms with van der Waals surface area (Å²) in [4.78, 5) is 0. The molecular formula is C10H11ClN. The van der Waals surface area contributed by atoms with Crippen LogP contribution in [0.3, 0.4) is 0 Å². The van der Waals surface area contributed by atoms with Crippen molar-refractivity contribution in [3.05, 3.63) is 40.8 Å². The van der Waals surface area contributed by atoms with Crippen molar-refractivity contribution in [1.82, 2.24) is 5.32 Å². The smallest absolute Gasteiger partial charge is 0.0406 e. The standard InChI is InChI=1S/C10H11ClN/c11-10-3-1-8(2-4-10)9-5-6-12-7-9/h1-4,12H,5-7H2. The van der Waals surface area contributed by atoms with Crippen LogP contribution in [0.1, 0.15) is 12.0 Å². The molecule has 2 heteroatoms. The lowest BCUT2D eigenvalue weighted by Crippen LogP contribution is -2.08. The largest absolute Gasteiger partial charge is 0.316 e. The molecule has 1 aromatic rings. The van der Waals surface area contributed by atoms with E-state index in [1.165, 1.54) is 17.9 Å². The fraction of sp³-hybridized carbons (Fsp3) is 0.300. The first-order valence-corrected chi connectivity index (χ1v) is 4.55. The highest BCUT2D eigenvalue weighted by molar-refractivity contribution is 6.30. The highest BCUT2D eigenvalue weighted by Crippen LogP contribution is 2.22. The molecule has 0 aliphatic carbocycles. The molecule has 0 atom stereocenters. The summed E-state index contributed by atoms with van der Waals surface area (Å²) in [6.07, 6.45) is 1.17. The molecule has 1 aromatic carbocycles. The third-order valence-electron chi connectivity index (χ3n) is 2.19. The van der Waals surface area contributed by atoms with Crippen molar-refractivity contribution in [3.8, 4) is 0 Å². The van der Waals surface area contributed by atoms with Gasteiger partial charge in [0.1, 0.15) is 0 Å². The van der Waals surface area contributed by atoms with Gasteiger partial charge in [-0.2, -0.15) is 0 Å². The van der Waals surface area contributed by atoms with Crippen LogP contribution in [0, 0.1) is 5.92 Å². The van der Waals surface area contributed by atoms with Crippen LogP contribution in [0.25, 0.3) is 0 Å². The molecule has 1 N–H and O–H groups in total. The summed E-state index contributed by atoms with van der Waals surface area (Å²) in [7, 11) is 0. The zero-order valence-corrected chi connectivity index (χ0v) is 7.56. The van der Waals surface area contributed by atoms with Gasteiger partial charge < -0.3 is 5.32 Å². The van der Waals surface area contributed by atoms with Gasteiger partial charge in [-0.1, -0.05) is 23.7 Å². The first-order valence-electron chi connectivity index (χ1n) is 4.17. The molecule has 0 aromatic heterocycles. The maximum Gasteiger partial charge on any atom is 0.0406 e. The molecular weight excluding hydrogens is 170 g/mol. The first-order chi connectivity index (χ1) is 5.86. The van der Waals surface area contributed by atoms with E-state index >= 15 is 0 Å². The molecule has 12 heavy (non-hydrogen) atoms. The number of hydrogen-bond donors (Lipinski definition) is 1. The van der Waals surface area contributed by atoms with Gasteiger partial charge in [0.25, 0.3) is 0 Å². The minimum absolute atomic E-state index is 0.810. The number of halogens is 1. The predicted molar refractivity (Wildman–Crippen MR) is 51.3 cm³/mol. The summed E-state index contributed by atoms with van der Waals surface area (Å²) in [6.45, 7) is 2.14. The summed E-state index contributed by atoms with van der Waals surface area (Å²) in [5.74, 6) is 1.49. The molecule has 1 radical (unpaired) electrons. The van der Waals surface area contributed by atoms with Crippen LogP contribution in [0.2, 0.25) is 5.02 Å². The maximum absolute atomic E-state index is 5.79. The highest BCUT2D eigenvalue weighted by Gasteiger charge is 2.16. The predicted octanol–water partition coefficient (Wildman–Crippen LogP) is 2.26. The molecule has 1 saturated heterocycles. The van der Waals surface area contributed by atoms with Gasteiger partial charge in [0.05, 0.1) is 0 Å². The average Bonchev–Trinajstić information content (AvgIpc) is 2.58. The topological polar surface area (TPSA) is 12.0 Å². The van der Waals surface area contributed by atoms with E-state index in [0.717, 1.165) is 18.1 Å². The van der Waals surface area contributed by atoms with Gasteiger partial charge in [-0.3, -0.25) is 0 Å². The summed E-state index contributed by atoms with van der Waals surface area (Å²) in [5, 5.41) is 4.13. The molecule has 0 bridgehead atoms. The van der Waals surface area contributed by atoms with Crippen LogP contribution in [0.15, 0.2) is 24.3 Å². The van der Waals surface area contributed by atoms with Crippen molar-refractivity contribution in [2.24, 2.45) is 0 Å². The van der Waals surface area contributed by atoms with Crippen LogP contribution < -0.4 is 5.32 Å². The lowest BCUT2D eigenvalue weighted by molar-refractivity contribution is 0.860. The third-order valence-corrected chi connectivity index (χ3v) is 2.45. The summed E-state index contributed by atoms with van der Waals surface area (Å²) >= 11 is 5.79. The fourth-order valence-electron chi connectivity index (χ4n) is 1.50. The molecule has 0 amide bonds. The Kier molecular flexibility index (Phi) is 2.33. The molecule has 1 nitrogen and oxygen atoms in total. The van der Waals surface area contributed by atoms with Gasteiger partial charge in [-0.15, -0.1) is 0 Å². The Morgan fingerprint density at radius 3 is 2.50 bits per heavy atom. The molecule has 2 rings (SSSR count). The Hall–Kier alpha value is -0.530. The molecule has 1 aliphatic heterocycles. The second-order valence-corrected chi connectivity index (χ2v) is 3.47. The quantitative estimate of drug-likeness (QED) is 0.699. The lowest BCUT2D eigenvalue weighted by Gasteiger charge is -2.06. The van der Waals surface area contributed by atoms with E-state index in [4.69, 9.17) is 11.6 Å². The van der Waals surface area contributed by atoms with E-state index in [9.17, 15) is 0 Å². The van der Waals surface area contributed by atoms with Crippen molar-refractivity contribution in [1.29, 1.82) is 0 Å². The SMILES string of the molecule is Clc1ccc([C]2CCNC2)cc1. The van der Waals surface area contributed by atoms with Gasteiger partial charge >= 0.3 is 0 Å². The van der Waals surface area contributed by atoms with Crippen molar-refractivity contribution >= 4 is 11.6 Å². The molecule has 1 heterocycles. The lowest BCUT2D eigenvalue weighted by atomic mass is 9.99. The Morgan fingerprint density at radius 2 is 1.92 bits per heavy atom. The Balaban J connectivity index is 2.17. The van der Waals surface area contributed by atoms with Crippen LogP contribution >= 0.6 is 11.6 Å². The van der Waals surface area contributed by atoms with E-state index < -0.39 is 0 Å². The minimum atomic E-state index is 0.810. The summed E-state index contributed by atoms with van der Waals surface area (Å²) < 4.78 is 0. The zero-order chi connectivity index (χ0) is 8.39. The van der Waals surface area contributed by atoms with Crippen molar-refractivity contribution in [2.45, 2.75) is 6.42 Å². The number of rotatable bonds is 1. The molecule has 1 aliphatic rings. The van der Waals surface area contributed by atoms with E-state index in [1.807, 2.05) is 12.1 Å². The molecule has 0 spiro atoms. The van der Waals surface area contributed by atoms with Gasteiger partial charge in [0, 0.05) is 17.5 Å². The van der Waals surface area contributed by atoms with Crippen LogP contribution in [-0.4, -0.2) is 13.1 Å². The first kappa shape index (κ1) is 8.09. The minimum Gasteiger partial charge on any atom is -0.316 e. The van der Waals surface area contributed by atoms with Crippen molar-refractivity contribution in [2.75, 3.05) is 13.1 Å². The third kappa shape index (κ3) is 1.62. The van der Waals surface area contributed by atoms with Crippen LogP contribution in [-0.2, 0) is 0 Å². The van der Waals surface area contributed by atoms with Gasteiger partial charge in [-0.05, 0) is 30.7 Å². The fourth-order valence-corrected chi connectivity index (χ4v) is 1.62. The van der Waals surface area contributed by atoms with Gasteiger partial charge in [-0.25, -0.2) is 0 Å². The monoisotopic (exact) mass is 180 g/mol. The highest BCUT2D eigenvalue weighted by atomic mass is 35.5. The van der Waals surface area contributed by atoms with E-state index in [-0.39, 0.29) is 0 Å². The molecule has 63 valence electrons. The molecule has 0 unspecified atom stereocenters. The van der Waals surface area contributed by atoms with E-state index in [2.05, 4.69) is 17.4 Å². The Bertz CT molecular complexity index is 249. The second kappa shape index (κ2) is 3.46. The average molecular weight is 181 g/mol. The number of nitrogens with one attached hydrogen (secondary N) is 1. The summed E-state index contributed by atoms with van der Waals surface area (Å²) in [6, 6.07) is 8.07. The Morgan fingerprint density at radius 1 is 1.17 bits per heavy atom. The van der Waals surface area contributed by atoms with E-state index in [1.54, 1.807) is 0 Å².